The summed E-state index contributed by atoms with van der Waals surface area (Å²) in [6.07, 6.45) is 0. The normalized spacial score (nSPS) is 19.4. The molecule has 1 aromatic heterocycles. The first kappa shape index (κ1) is 16.4. The molecule has 1 aliphatic heterocycles. The van der Waals surface area contributed by atoms with Crippen LogP contribution in [0.1, 0.15) is 0 Å². The monoisotopic (exact) mass is 379 g/mol. The van der Waals surface area contributed by atoms with Crippen molar-refractivity contribution in [3.8, 4) is 0 Å². The van der Waals surface area contributed by atoms with Crippen LogP contribution in [0.25, 0.3) is 0 Å². The van der Waals surface area contributed by atoms with Crippen molar-refractivity contribution in [3.63, 3.8) is 0 Å². The Balaban J connectivity index is 2.20. The van der Waals surface area contributed by atoms with E-state index in [9.17, 15) is 16.8 Å². The second-order valence-electron chi connectivity index (χ2n) is 4.04. The van der Waals surface area contributed by atoms with Crippen LogP contribution in [-0.2, 0) is 20.2 Å². The molecule has 114 valence electrons. The SMILES string of the molecule is NS(=O)(=O)N1CCN(S(=O)(=O)c2cc(Cl)sc2Cl)CC1. The minimum absolute atomic E-state index is 0.00749. The highest BCUT2D eigenvalue weighted by atomic mass is 35.5. The lowest BCUT2D eigenvalue weighted by molar-refractivity contribution is 0.273. The molecule has 2 N–H and O–H groups in total. The highest BCUT2D eigenvalue weighted by Gasteiger charge is 2.33. The molecule has 0 atom stereocenters. The quantitative estimate of drug-likeness (QED) is 0.828. The van der Waals surface area contributed by atoms with Gasteiger partial charge in [-0.2, -0.15) is 17.0 Å². The highest BCUT2D eigenvalue weighted by Crippen LogP contribution is 2.36. The van der Waals surface area contributed by atoms with E-state index in [-0.39, 0.29) is 39.7 Å². The summed E-state index contributed by atoms with van der Waals surface area (Å²) < 4.78 is 49.6. The molecule has 7 nitrogen and oxygen atoms in total. The van der Waals surface area contributed by atoms with E-state index in [1.54, 1.807) is 0 Å². The van der Waals surface area contributed by atoms with Gasteiger partial charge in [-0.3, -0.25) is 0 Å². The maximum absolute atomic E-state index is 12.4. The van der Waals surface area contributed by atoms with E-state index in [4.69, 9.17) is 28.3 Å². The number of thiophene rings is 1. The van der Waals surface area contributed by atoms with E-state index in [1.807, 2.05) is 0 Å². The molecule has 12 heteroatoms. The molecule has 0 aliphatic carbocycles. The van der Waals surface area contributed by atoms with Crippen LogP contribution in [0.5, 0.6) is 0 Å². The van der Waals surface area contributed by atoms with Crippen molar-refractivity contribution in [2.24, 2.45) is 5.14 Å². The van der Waals surface area contributed by atoms with E-state index in [1.165, 1.54) is 10.4 Å². The van der Waals surface area contributed by atoms with Gasteiger partial charge in [0, 0.05) is 26.2 Å². The Morgan fingerprint density at radius 2 is 1.55 bits per heavy atom. The van der Waals surface area contributed by atoms with Crippen molar-refractivity contribution < 1.29 is 16.8 Å². The van der Waals surface area contributed by atoms with Crippen molar-refractivity contribution in [1.82, 2.24) is 8.61 Å². The Kier molecular flexibility index (Phi) is 4.67. The third kappa shape index (κ3) is 3.28. The van der Waals surface area contributed by atoms with Crippen molar-refractivity contribution in [2.45, 2.75) is 4.90 Å². The largest absolute Gasteiger partial charge is 0.276 e. The summed E-state index contributed by atoms with van der Waals surface area (Å²) in [6, 6.07) is 1.29. The first-order valence-electron chi connectivity index (χ1n) is 5.35. The highest BCUT2D eigenvalue weighted by molar-refractivity contribution is 7.89. The van der Waals surface area contributed by atoms with E-state index in [0.717, 1.165) is 15.6 Å². The fourth-order valence-corrected chi connectivity index (χ4v) is 6.01. The van der Waals surface area contributed by atoms with Crippen LogP contribution < -0.4 is 5.14 Å². The molecular weight excluding hydrogens is 369 g/mol. The maximum atomic E-state index is 12.4. The summed E-state index contributed by atoms with van der Waals surface area (Å²) in [5.74, 6) is 0. The standard InChI is InChI=1S/C8H11Cl2N3O4S3/c9-7-5-6(8(10)18-7)19(14,15)12-1-3-13(4-2-12)20(11,16)17/h5H,1-4H2,(H2,11,16,17). The molecule has 0 radical (unpaired) electrons. The lowest BCUT2D eigenvalue weighted by Crippen LogP contribution is -2.52. The summed E-state index contributed by atoms with van der Waals surface area (Å²) in [7, 11) is -7.57. The molecule has 2 rings (SSSR count). The maximum Gasteiger partial charge on any atom is 0.276 e. The number of hydrogen-bond acceptors (Lipinski definition) is 5. The van der Waals surface area contributed by atoms with E-state index < -0.39 is 20.2 Å². The minimum atomic E-state index is -3.80. The molecule has 2 heterocycles. The van der Waals surface area contributed by atoms with E-state index in [0.29, 0.717) is 0 Å². The van der Waals surface area contributed by atoms with Crippen molar-refractivity contribution in [3.05, 3.63) is 14.7 Å². The summed E-state index contributed by atoms with van der Waals surface area (Å²) in [5.41, 5.74) is 0. The fraction of sp³-hybridized carbons (Fsp3) is 0.500. The molecule has 1 fully saturated rings. The molecule has 20 heavy (non-hydrogen) atoms. The van der Waals surface area contributed by atoms with Crippen molar-refractivity contribution in [1.29, 1.82) is 0 Å². The second-order valence-corrected chi connectivity index (χ2v) is 9.77. The van der Waals surface area contributed by atoms with Gasteiger partial charge in [0.25, 0.3) is 10.2 Å². The van der Waals surface area contributed by atoms with Gasteiger partial charge in [0.1, 0.15) is 9.23 Å². The average Bonchev–Trinajstić information content (AvgIpc) is 2.68. The smallest absolute Gasteiger partial charge is 0.216 e. The Morgan fingerprint density at radius 1 is 1.05 bits per heavy atom. The number of halogens is 2. The molecule has 0 spiro atoms. The fourth-order valence-electron chi connectivity index (χ4n) is 1.80. The Hall–Kier alpha value is 0.0600. The van der Waals surface area contributed by atoms with Gasteiger partial charge in [0.05, 0.1) is 4.34 Å². The first-order valence-corrected chi connectivity index (χ1v) is 9.87. The van der Waals surface area contributed by atoms with Gasteiger partial charge in [-0.15, -0.1) is 11.3 Å². The Bertz CT molecular complexity index is 707. The summed E-state index contributed by atoms with van der Waals surface area (Å²) in [6.45, 7) is 0.0478. The number of rotatable bonds is 3. The minimum Gasteiger partial charge on any atom is -0.216 e. The van der Waals surface area contributed by atoms with Crippen LogP contribution in [0, 0.1) is 0 Å². The second kappa shape index (κ2) is 5.69. The van der Waals surface area contributed by atoms with Gasteiger partial charge in [0.2, 0.25) is 10.0 Å². The van der Waals surface area contributed by atoms with Gasteiger partial charge in [-0.25, -0.2) is 13.6 Å². The van der Waals surface area contributed by atoms with Crippen molar-refractivity contribution >= 4 is 54.8 Å². The number of hydrogen-bond donors (Lipinski definition) is 1. The zero-order valence-electron chi connectivity index (χ0n) is 9.99. The lowest BCUT2D eigenvalue weighted by atomic mass is 10.4. The summed E-state index contributed by atoms with van der Waals surface area (Å²) in [5, 5.41) is 5.00. The molecule has 1 aromatic rings. The van der Waals surface area contributed by atoms with E-state index in [2.05, 4.69) is 0 Å². The average molecular weight is 380 g/mol. The van der Waals surface area contributed by atoms with Gasteiger partial charge < -0.3 is 0 Å². The third-order valence-corrected chi connectivity index (χ3v) is 7.54. The topological polar surface area (TPSA) is 101 Å². The van der Waals surface area contributed by atoms with Crippen LogP contribution in [-0.4, -0.2) is 51.6 Å². The molecule has 0 aromatic carbocycles. The number of piperazine rings is 1. The first-order chi connectivity index (χ1) is 9.12. The van der Waals surface area contributed by atoms with Crippen LogP contribution in [0.4, 0.5) is 0 Å². The van der Waals surface area contributed by atoms with Gasteiger partial charge in [-0.1, -0.05) is 23.2 Å². The van der Waals surface area contributed by atoms with Gasteiger partial charge in [-0.05, 0) is 6.07 Å². The van der Waals surface area contributed by atoms with Gasteiger partial charge >= 0.3 is 0 Å². The Morgan fingerprint density at radius 3 is 1.95 bits per heavy atom. The Labute approximate surface area is 131 Å². The molecule has 0 bridgehead atoms. The number of sulfonamides is 1. The van der Waals surface area contributed by atoms with Crippen LogP contribution in [0.2, 0.25) is 8.67 Å². The number of nitrogens with two attached hydrogens (primary N) is 1. The predicted octanol–water partition coefficient (Wildman–Crippen LogP) is 0.565. The van der Waals surface area contributed by atoms with Gasteiger partial charge in [0.15, 0.2) is 0 Å². The lowest BCUT2D eigenvalue weighted by Gasteiger charge is -2.31. The summed E-state index contributed by atoms with van der Waals surface area (Å²) >= 11 is 12.6. The van der Waals surface area contributed by atoms with Crippen LogP contribution in [0.3, 0.4) is 0 Å². The molecule has 1 saturated heterocycles. The molecular formula is C8H11Cl2N3O4S3. The molecule has 1 aliphatic rings. The van der Waals surface area contributed by atoms with Crippen LogP contribution >= 0.6 is 34.5 Å². The van der Waals surface area contributed by atoms with Crippen LogP contribution in [0.15, 0.2) is 11.0 Å². The van der Waals surface area contributed by atoms with E-state index >= 15 is 0 Å². The molecule has 0 amide bonds. The summed E-state index contributed by atoms with van der Waals surface area (Å²) in [4.78, 5) is -0.0572. The van der Waals surface area contributed by atoms with Crippen molar-refractivity contribution in [2.75, 3.05) is 26.2 Å². The third-order valence-electron chi connectivity index (χ3n) is 2.80. The zero-order valence-corrected chi connectivity index (χ0v) is 14.0. The molecule has 0 saturated carbocycles. The number of nitrogens with zero attached hydrogens (tertiary/aromatic N) is 2. The zero-order chi connectivity index (χ0) is 15.1. The predicted molar refractivity (Wildman–Crippen MR) is 77.8 cm³/mol. The molecule has 0 unspecified atom stereocenters.